The number of hydrogen-bond donors (Lipinski definition) is 0. The van der Waals surface area contributed by atoms with Crippen LogP contribution in [0.3, 0.4) is 0 Å². The fraction of sp³-hybridized carbons (Fsp3) is 0.667. The van der Waals surface area contributed by atoms with Crippen LogP contribution in [0.25, 0.3) is 0 Å². The summed E-state index contributed by atoms with van der Waals surface area (Å²) in [6, 6.07) is 0. The minimum atomic E-state index is -0.501. The first-order valence-corrected chi connectivity index (χ1v) is 3.32. The molecule has 6 heteroatoms. The number of nitro groups is 2. The highest BCUT2D eigenvalue weighted by Gasteiger charge is 2.08. The van der Waals surface area contributed by atoms with E-state index in [1.807, 2.05) is 0 Å². The molecule has 0 aromatic rings. The Kier molecular flexibility index (Phi) is 3.89. The molecule has 0 rings (SSSR count). The monoisotopic (exact) mass is 174 g/mol. The Morgan fingerprint density at radius 1 is 1.00 bits per heavy atom. The van der Waals surface area contributed by atoms with E-state index in [0.29, 0.717) is 11.1 Å². The first-order chi connectivity index (χ1) is 5.43. The van der Waals surface area contributed by atoms with Crippen LogP contribution in [-0.2, 0) is 0 Å². The molecular formula is C6H10N2O4. The van der Waals surface area contributed by atoms with Crippen LogP contribution in [0.15, 0.2) is 11.1 Å². The zero-order valence-electron chi connectivity index (χ0n) is 6.94. The molecule has 6 nitrogen and oxygen atoms in total. The summed E-state index contributed by atoms with van der Waals surface area (Å²) in [5.74, 6) is 0. The molecule has 0 atom stereocenters. The molecule has 0 fully saturated rings. The van der Waals surface area contributed by atoms with E-state index >= 15 is 0 Å². The topological polar surface area (TPSA) is 86.3 Å². The summed E-state index contributed by atoms with van der Waals surface area (Å²) in [6.07, 6.45) is 0. The highest BCUT2D eigenvalue weighted by atomic mass is 16.6. The van der Waals surface area contributed by atoms with Gasteiger partial charge in [-0.3, -0.25) is 20.2 Å². The van der Waals surface area contributed by atoms with Crippen molar-refractivity contribution in [3.63, 3.8) is 0 Å². The highest BCUT2D eigenvalue weighted by Crippen LogP contribution is 2.03. The smallest absolute Gasteiger partial charge is 0.225 e. The van der Waals surface area contributed by atoms with E-state index in [1.54, 1.807) is 0 Å². The van der Waals surface area contributed by atoms with Crippen LogP contribution in [0.2, 0.25) is 0 Å². The Labute approximate surface area is 69.2 Å². The largest absolute Gasteiger partial charge is 0.264 e. The van der Waals surface area contributed by atoms with Crippen molar-refractivity contribution in [3.05, 3.63) is 31.4 Å². The molecule has 0 aromatic heterocycles. The Bertz CT molecular complexity index is 210. The van der Waals surface area contributed by atoms with Gasteiger partial charge < -0.3 is 0 Å². The van der Waals surface area contributed by atoms with Gasteiger partial charge in [0.1, 0.15) is 0 Å². The summed E-state index contributed by atoms with van der Waals surface area (Å²) < 4.78 is 0. The molecule has 0 bridgehead atoms. The van der Waals surface area contributed by atoms with Crippen molar-refractivity contribution in [3.8, 4) is 0 Å². The minimum absolute atomic E-state index is 0.320. The molecule has 68 valence electrons. The van der Waals surface area contributed by atoms with Gasteiger partial charge in [0.05, 0.1) is 0 Å². The maximum atomic E-state index is 10.0. The van der Waals surface area contributed by atoms with Gasteiger partial charge in [-0.25, -0.2) is 0 Å². The van der Waals surface area contributed by atoms with Gasteiger partial charge in [0.15, 0.2) is 0 Å². The Balaban J connectivity index is 4.25. The van der Waals surface area contributed by atoms with Crippen LogP contribution in [0.1, 0.15) is 13.8 Å². The van der Waals surface area contributed by atoms with Crippen LogP contribution >= 0.6 is 0 Å². The SMILES string of the molecule is C/C(C[N+](=O)[O-])=C(/C)C[N+](=O)[O-]. The predicted octanol–water partition coefficient (Wildman–Crippen LogP) is 0.876. The van der Waals surface area contributed by atoms with Gasteiger partial charge in [0.25, 0.3) is 0 Å². The van der Waals surface area contributed by atoms with E-state index in [2.05, 4.69) is 0 Å². The van der Waals surface area contributed by atoms with Gasteiger partial charge in [-0.2, -0.15) is 0 Å². The second-order valence-corrected chi connectivity index (χ2v) is 2.54. The van der Waals surface area contributed by atoms with Gasteiger partial charge in [0.2, 0.25) is 13.1 Å². The van der Waals surface area contributed by atoms with Crippen LogP contribution < -0.4 is 0 Å². The van der Waals surface area contributed by atoms with Crippen molar-refractivity contribution < 1.29 is 9.85 Å². The molecule has 0 unspecified atom stereocenters. The lowest BCUT2D eigenvalue weighted by atomic mass is 10.1. The Hall–Kier alpha value is -1.46. The molecule has 0 heterocycles. The van der Waals surface area contributed by atoms with Gasteiger partial charge >= 0.3 is 0 Å². The van der Waals surface area contributed by atoms with E-state index < -0.39 is 9.85 Å². The minimum Gasteiger partial charge on any atom is -0.264 e. The van der Waals surface area contributed by atoms with Crippen molar-refractivity contribution in [1.29, 1.82) is 0 Å². The molecule has 0 amide bonds. The molecule has 0 saturated heterocycles. The maximum absolute atomic E-state index is 10.0. The molecular weight excluding hydrogens is 164 g/mol. The van der Waals surface area contributed by atoms with E-state index in [4.69, 9.17) is 0 Å². The first kappa shape index (κ1) is 10.5. The third-order valence-electron chi connectivity index (χ3n) is 1.46. The predicted molar refractivity (Wildman–Crippen MR) is 42.1 cm³/mol. The molecule has 0 aromatic carbocycles. The van der Waals surface area contributed by atoms with E-state index in [-0.39, 0.29) is 13.1 Å². The number of nitrogens with zero attached hydrogens (tertiary/aromatic N) is 2. The Morgan fingerprint density at radius 3 is 1.42 bits per heavy atom. The molecule has 0 radical (unpaired) electrons. The average molecular weight is 174 g/mol. The molecule has 0 aliphatic heterocycles. The second-order valence-electron chi connectivity index (χ2n) is 2.54. The van der Waals surface area contributed by atoms with Crippen LogP contribution in [-0.4, -0.2) is 22.9 Å². The van der Waals surface area contributed by atoms with Crippen molar-refractivity contribution in [2.24, 2.45) is 0 Å². The zero-order valence-corrected chi connectivity index (χ0v) is 6.94. The lowest BCUT2D eigenvalue weighted by Gasteiger charge is -1.98. The van der Waals surface area contributed by atoms with Crippen LogP contribution in [0.4, 0.5) is 0 Å². The summed E-state index contributed by atoms with van der Waals surface area (Å²) in [4.78, 5) is 19.0. The maximum Gasteiger partial charge on any atom is 0.225 e. The molecule has 12 heavy (non-hydrogen) atoms. The lowest BCUT2D eigenvalue weighted by molar-refractivity contribution is -0.476. The van der Waals surface area contributed by atoms with Gasteiger partial charge in [-0.1, -0.05) is 0 Å². The van der Waals surface area contributed by atoms with Crippen LogP contribution in [0.5, 0.6) is 0 Å². The molecule has 0 saturated carbocycles. The van der Waals surface area contributed by atoms with Crippen molar-refractivity contribution in [1.82, 2.24) is 0 Å². The number of hydrogen-bond acceptors (Lipinski definition) is 4. The third-order valence-corrected chi connectivity index (χ3v) is 1.46. The molecule has 0 spiro atoms. The van der Waals surface area contributed by atoms with Crippen molar-refractivity contribution >= 4 is 0 Å². The summed E-state index contributed by atoms with van der Waals surface area (Å²) in [6.45, 7) is 2.42. The van der Waals surface area contributed by atoms with Crippen LogP contribution in [0, 0.1) is 20.2 Å². The quantitative estimate of drug-likeness (QED) is 0.359. The summed E-state index contributed by atoms with van der Waals surface area (Å²) in [5.41, 5.74) is 0.911. The second kappa shape index (κ2) is 4.42. The number of rotatable bonds is 4. The van der Waals surface area contributed by atoms with Crippen molar-refractivity contribution in [2.45, 2.75) is 13.8 Å². The first-order valence-electron chi connectivity index (χ1n) is 3.32. The summed E-state index contributed by atoms with van der Waals surface area (Å²) in [5, 5.41) is 20.0. The van der Waals surface area contributed by atoms with Gasteiger partial charge in [0, 0.05) is 21.0 Å². The van der Waals surface area contributed by atoms with Crippen molar-refractivity contribution in [2.75, 3.05) is 13.1 Å². The Morgan fingerprint density at radius 2 is 1.25 bits per heavy atom. The normalized spacial score (nSPS) is 12.2. The van der Waals surface area contributed by atoms with E-state index in [9.17, 15) is 20.2 Å². The summed E-state index contributed by atoms with van der Waals surface area (Å²) in [7, 11) is 0. The zero-order chi connectivity index (χ0) is 9.72. The lowest BCUT2D eigenvalue weighted by Crippen LogP contribution is -2.09. The average Bonchev–Trinajstić information content (AvgIpc) is 1.84. The molecule has 0 aliphatic rings. The fourth-order valence-electron chi connectivity index (χ4n) is 0.657. The third kappa shape index (κ3) is 4.37. The molecule has 0 N–H and O–H groups in total. The van der Waals surface area contributed by atoms with E-state index in [1.165, 1.54) is 13.8 Å². The van der Waals surface area contributed by atoms with E-state index in [0.717, 1.165) is 0 Å². The fourth-order valence-corrected chi connectivity index (χ4v) is 0.657. The highest BCUT2D eigenvalue weighted by molar-refractivity contribution is 5.09. The van der Waals surface area contributed by atoms with Gasteiger partial charge in [-0.15, -0.1) is 0 Å². The van der Waals surface area contributed by atoms with Gasteiger partial charge in [-0.05, 0) is 13.8 Å². The summed E-state index contributed by atoms with van der Waals surface area (Å²) >= 11 is 0. The molecule has 0 aliphatic carbocycles. The standard InChI is InChI=1S/C6H10N2O4/c1-5(3-7(9)10)6(2)4-8(11)12/h3-4H2,1-2H3/b6-5+.